The number of benzene rings is 1. The Balaban J connectivity index is 0.00000450. The number of hydrogen-bond acceptors (Lipinski definition) is 5. The minimum absolute atomic E-state index is 0. The van der Waals surface area contributed by atoms with Crippen LogP contribution in [0.4, 0.5) is 16.2 Å². The summed E-state index contributed by atoms with van der Waals surface area (Å²) < 4.78 is 0. The number of nitrogens with zero attached hydrogens (tertiary/aromatic N) is 1. The van der Waals surface area contributed by atoms with Crippen molar-refractivity contribution in [2.45, 2.75) is 26.4 Å². The Morgan fingerprint density at radius 3 is 2.19 bits per heavy atom. The third kappa shape index (κ3) is 10.1. The molecular weight excluding hydrogens is 443 g/mol. The third-order valence-corrected chi connectivity index (χ3v) is 4.05. The van der Waals surface area contributed by atoms with Crippen LogP contribution in [-0.4, -0.2) is 35.4 Å². The Labute approximate surface area is 193 Å². The largest absolute Gasteiger partial charge is 0.346 e. The zero-order valence-electron chi connectivity index (χ0n) is 17.3. The number of rotatable bonds is 8. The summed E-state index contributed by atoms with van der Waals surface area (Å²) in [7, 11) is 0. The van der Waals surface area contributed by atoms with Crippen molar-refractivity contribution in [1.29, 1.82) is 0 Å². The molecular formula is C20H28Cl2N6O3. The van der Waals surface area contributed by atoms with Gasteiger partial charge in [0, 0.05) is 30.3 Å². The molecule has 0 saturated heterocycles. The minimum atomic E-state index is -0.666. The molecule has 0 fully saturated rings. The highest BCUT2D eigenvalue weighted by Gasteiger charge is 2.17. The zero-order chi connectivity index (χ0) is 21.2. The number of urea groups is 1. The van der Waals surface area contributed by atoms with E-state index in [4.69, 9.17) is 5.73 Å². The standard InChI is InChI=1S/C20H26N6O3.2ClH/c1-13(2)18(21)19(28)23-12-17(27)25-15-4-3-5-16(10-15)26-20(29)24-11-14-6-8-22-9-7-14;;/h3-10,13,18H,11-12,21H2,1-2H3,(H,23,28)(H,25,27)(H2,24,26,29);2*1H/t18-;;/m0../s1. The van der Waals surface area contributed by atoms with Gasteiger partial charge < -0.3 is 27.0 Å². The van der Waals surface area contributed by atoms with Crippen LogP contribution in [0.3, 0.4) is 0 Å². The molecule has 4 amide bonds. The molecule has 0 spiro atoms. The minimum Gasteiger partial charge on any atom is -0.346 e. The van der Waals surface area contributed by atoms with Gasteiger partial charge in [0.1, 0.15) is 0 Å². The molecule has 0 aliphatic carbocycles. The highest BCUT2D eigenvalue weighted by Crippen LogP contribution is 2.15. The Kier molecular flexibility index (Phi) is 12.9. The van der Waals surface area contributed by atoms with Crippen LogP contribution in [0.5, 0.6) is 0 Å². The molecule has 9 nitrogen and oxygen atoms in total. The summed E-state index contributed by atoms with van der Waals surface area (Å²) in [5, 5.41) is 10.6. The first-order chi connectivity index (χ1) is 13.8. The first-order valence-corrected chi connectivity index (χ1v) is 9.22. The lowest BCUT2D eigenvalue weighted by atomic mass is 10.1. The molecule has 0 saturated carbocycles. The maximum atomic E-state index is 12.0. The van der Waals surface area contributed by atoms with Crippen LogP contribution in [0, 0.1) is 5.92 Å². The van der Waals surface area contributed by atoms with Gasteiger partial charge in [-0.15, -0.1) is 24.8 Å². The highest BCUT2D eigenvalue weighted by molar-refractivity contribution is 5.96. The molecule has 1 aromatic carbocycles. The van der Waals surface area contributed by atoms with Gasteiger partial charge in [-0.3, -0.25) is 14.6 Å². The molecule has 1 aromatic heterocycles. The van der Waals surface area contributed by atoms with Gasteiger partial charge in [0.05, 0.1) is 12.6 Å². The van der Waals surface area contributed by atoms with E-state index in [-0.39, 0.29) is 49.2 Å². The number of pyridine rings is 1. The fourth-order valence-electron chi connectivity index (χ4n) is 2.33. The van der Waals surface area contributed by atoms with Crippen molar-refractivity contribution in [3.8, 4) is 0 Å². The average Bonchev–Trinajstić information content (AvgIpc) is 2.71. The van der Waals surface area contributed by atoms with Crippen LogP contribution in [0.25, 0.3) is 0 Å². The molecule has 0 aliphatic rings. The second-order valence-corrected chi connectivity index (χ2v) is 6.78. The molecule has 6 N–H and O–H groups in total. The third-order valence-electron chi connectivity index (χ3n) is 4.05. The number of carbonyl (C=O) groups is 3. The second-order valence-electron chi connectivity index (χ2n) is 6.78. The van der Waals surface area contributed by atoms with E-state index < -0.39 is 11.9 Å². The number of anilines is 2. The fourth-order valence-corrected chi connectivity index (χ4v) is 2.33. The summed E-state index contributed by atoms with van der Waals surface area (Å²) in [5.41, 5.74) is 7.66. The topological polar surface area (TPSA) is 138 Å². The summed E-state index contributed by atoms with van der Waals surface area (Å²) in [6.07, 6.45) is 3.31. The molecule has 31 heavy (non-hydrogen) atoms. The Morgan fingerprint density at radius 1 is 0.968 bits per heavy atom. The van der Waals surface area contributed by atoms with E-state index in [1.54, 1.807) is 36.7 Å². The molecule has 0 aliphatic heterocycles. The maximum absolute atomic E-state index is 12.0. The monoisotopic (exact) mass is 470 g/mol. The summed E-state index contributed by atoms with van der Waals surface area (Å²) in [6.45, 7) is 3.83. The number of carbonyl (C=O) groups excluding carboxylic acids is 3. The van der Waals surface area contributed by atoms with E-state index in [0.717, 1.165) is 5.56 Å². The van der Waals surface area contributed by atoms with Gasteiger partial charge in [0.15, 0.2) is 0 Å². The maximum Gasteiger partial charge on any atom is 0.319 e. The van der Waals surface area contributed by atoms with Crippen molar-refractivity contribution >= 4 is 54.0 Å². The number of nitrogens with one attached hydrogen (secondary N) is 4. The van der Waals surface area contributed by atoms with Crippen molar-refractivity contribution in [2.75, 3.05) is 17.2 Å². The van der Waals surface area contributed by atoms with Crippen molar-refractivity contribution in [3.05, 3.63) is 54.4 Å². The van der Waals surface area contributed by atoms with Gasteiger partial charge in [0.25, 0.3) is 0 Å². The molecule has 0 bridgehead atoms. The van der Waals surface area contributed by atoms with Gasteiger partial charge in [-0.05, 0) is 41.8 Å². The quantitative estimate of drug-likeness (QED) is 0.402. The first kappa shape index (κ1) is 28.1. The van der Waals surface area contributed by atoms with Gasteiger partial charge in [0.2, 0.25) is 11.8 Å². The van der Waals surface area contributed by atoms with Crippen LogP contribution in [0.2, 0.25) is 0 Å². The molecule has 170 valence electrons. The molecule has 2 rings (SSSR count). The predicted octanol–water partition coefficient (Wildman–Crippen LogP) is 2.28. The van der Waals surface area contributed by atoms with Crippen LogP contribution in [0.15, 0.2) is 48.8 Å². The highest BCUT2D eigenvalue weighted by atomic mass is 35.5. The van der Waals surface area contributed by atoms with Crippen molar-refractivity contribution in [2.24, 2.45) is 11.7 Å². The summed E-state index contributed by atoms with van der Waals surface area (Å²) in [4.78, 5) is 39.8. The van der Waals surface area contributed by atoms with Gasteiger partial charge in [-0.1, -0.05) is 19.9 Å². The molecule has 0 unspecified atom stereocenters. The molecule has 0 radical (unpaired) electrons. The van der Waals surface area contributed by atoms with Crippen LogP contribution < -0.4 is 27.0 Å². The smallest absolute Gasteiger partial charge is 0.319 e. The number of nitrogens with two attached hydrogens (primary N) is 1. The lowest BCUT2D eigenvalue weighted by molar-refractivity contribution is -0.125. The van der Waals surface area contributed by atoms with Crippen LogP contribution in [-0.2, 0) is 16.1 Å². The van der Waals surface area contributed by atoms with E-state index in [1.165, 1.54) is 0 Å². The number of halogens is 2. The van der Waals surface area contributed by atoms with E-state index in [9.17, 15) is 14.4 Å². The lowest BCUT2D eigenvalue weighted by Gasteiger charge is -2.15. The SMILES string of the molecule is CC(C)[C@H](N)C(=O)NCC(=O)Nc1cccc(NC(=O)NCc2ccncc2)c1.Cl.Cl. The number of aromatic nitrogens is 1. The molecule has 11 heteroatoms. The molecule has 1 atom stereocenters. The van der Waals surface area contributed by atoms with Crippen molar-refractivity contribution in [1.82, 2.24) is 15.6 Å². The van der Waals surface area contributed by atoms with E-state index in [2.05, 4.69) is 26.3 Å². The molecule has 1 heterocycles. The summed E-state index contributed by atoms with van der Waals surface area (Å²) >= 11 is 0. The van der Waals surface area contributed by atoms with E-state index in [0.29, 0.717) is 17.9 Å². The van der Waals surface area contributed by atoms with E-state index >= 15 is 0 Å². The number of hydrogen-bond donors (Lipinski definition) is 5. The Morgan fingerprint density at radius 2 is 1.58 bits per heavy atom. The normalized spacial score (nSPS) is 10.7. The summed E-state index contributed by atoms with van der Waals surface area (Å²) in [5.74, 6) is -0.796. The Hall–Kier alpha value is -2.88. The predicted molar refractivity (Wildman–Crippen MR) is 125 cm³/mol. The first-order valence-electron chi connectivity index (χ1n) is 9.22. The van der Waals surface area contributed by atoms with Gasteiger partial charge in [-0.25, -0.2) is 4.79 Å². The lowest BCUT2D eigenvalue weighted by Crippen LogP contribution is -2.46. The van der Waals surface area contributed by atoms with Crippen LogP contribution in [0.1, 0.15) is 19.4 Å². The average molecular weight is 471 g/mol. The Bertz CT molecular complexity index is 852. The van der Waals surface area contributed by atoms with Gasteiger partial charge in [-0.2, -0.15) is 0 Å². The fraction of sp³-hybridized carbons (Fsp3) is 0.300. The zero-order valence-corrected chi connectivity index (χ0v) is 18.9. The number of amides is 4. The van der Waals surface area contributed by atoms with Gasteiger partial charge >= 0.3 is 6.03 Å². The van der Waals surface area contributed by atoms with Crippen LogP contribution >= 0.6 is 24.8 Å². The molecule has 2 aromatic rings. The van der Waals surface area contributed by atoms with Crippen molar-refractivity contribution < 1.29 is 14.4 Å². The van der Waals surface area contributed by atoms with E-state index in [1.807, 2.05) is 26.0 Å². The summed E-state index contributed by atoms with van der Waals surface area (Å²) in [6, 6.07) is 9.27. The second kappa shape index (κ2) is 14.2. The van der Waals surface area contributed by atoms with Crippen molar-refractivity contribution in [3.63, 3.8) is 0 Å².